The summed E-state index contributed by atoms with van der Waals surface area (Å²) in [6.07, 6.45) is -0.939. The van der Waals surface area contributed by atoms with E-state index in [1.165, 1.54) is 0 Å². The highest BCUT2D eigenvalue weighted by Crippen LogP contribution is 2.17. The van der Waals surface area contributed by atoms with Gasteiger partial charge >= 0.3 is 0 Å². The topological polar surface area (TPSA) is 15.3 Å². The molecule has 0 spiro atoms. The van der Waals surface area contributed by atoms with E-state index in [0.717, 1.165) is 12.8 Å². The second kappa shape index (κ2) is 7.30. The molecule has 1 aliphatic heterocycles. The molecule has 1 N–H and O–H groups in total. The third-order valence-electron chi connectivity index (χ3n) is 2.86. The molecule has 1 fully saturated rings. The number of nitrogens with one attached hydrogen (secondary N) is 1. The largest absolute Gasteiger partial charge is 0.317 e. The number of hydrogen-bond donors (Lipinski definition) is 1. The molecule has 1 rings (SSSR count). The van der Waals surface area contributed by atoms with Gasteiger partial charge in [0, 0.05) is 19.1 Å². The van der Waals surface area contributed by atoms with Gasteiger partial charge in [0.05, 0.1) is 6.04 Å². The SMILES string of the molecule is CNC1CCN(C(CF)C(F)F)CC1.Cl. The lowest BCUT2D eigenvalue weighted by atomic mass is 10.0. The first-order valence-electron chi connectivity index (χ1n) is 4.94. The summed E-state index contributed by atoms with van der Waals surface area (Å²) in [4.78, 5) is 1.55. The van der Waals surface area contributed by atoms with Crippen LogP contribution in [0.25, 0.3) is 0 Å². The smallest absolute Gasteiger partial charge is 0.256 e. The van der Waals surface area contributed by atoms with Gasteiger partial charge in [0.25, 0.3) is 6.43 Å². The molecule has 2 nitrogen and oxygen atoms in total. The van der Waals surface area contributed by atoms with E-state index < -0.39 is 19.1 Å². The quantitative estimate of drug-likeness (QED) is 0.812. The van der Waals surface area contributed by atoms with Crippen LogP contribution in [0.15, 0.2) is 0 Å². The Balaban J connectivity index is 0.00000196. The first kappa shape index (κ1) is 15.0. The normalized spacial score (nSPS) is 21.4. The van der Waals surface area contributed by atoms with Crippen molar-refractivity contribution >= 4 is 12.4 Å². The van der Waals surface area contributed by atoms with Gasteiger partial charge in [-0.15, -0.1) is 12.4 Å². The van der Waals surface area contributed by atoms with E-state index in [4.69, 9.17) is 0 Å². The van der Waals surface area contributed by atoms with Gasteiger partial charge in [-0.3, -0.25) is 4.90 Å². The van der Waals surface area contributed by atoms with E-state index in [1.807, 2.05) is 7.05 Å². The summed E-state index contributed by atoms with van der Waals surface area (Å²) in [5, 5.41) is 3.10. The first-order valence-corrected chi connectivity index (χ1v) is 4.94. The number of hydrogen-bond acceptors (Lipinski definition) is 2. The van der Waals surface area contributed by atoms with Crippen LogP contribution in [0.5, 0.6) is 0 Å². The zero-order valence-electron chi connectivity index (χ0n) is 8.76. The predicted molar refractivity (Wildman–Crippen MR) is 56.7 cm³/mol. The molecular weight excluding hydrogens is 229 g/mol. The van der Waals surface area contributed by atoms with E-state index in [9.17, 15) is 13.2 Å². The number of rotatable bonds is 4. The van der Waals surface area contributed by atoms with Crippen molar-refractivity contribution in [3.05, 3.63) is 0 Å². The van der Waals surface area contributed by atoms with Crippen molar-refractivity contribution in [2.45, 2.75) is 31.4 Å². The van der Waals surface area contributed by atoms with Crippen LogP contribution in [-0.4, -0.2) is 50.2 Å². The predicted octanol–water partition coefficient (Wildman–Crippen LogP) is 1.70. The fourth-order valence-corrected chi connectivity index (χ4v) is 1.84. The number of piperidine rings is 1. The zero-order valence-corrected chi connectivity index (χ0v) is 9.57. The number of nitrogens with zero attached hydrogens (tertiary/aromatic N) is 1. The molecule has 1 atom stereocenters. The van der Waals surface area contributed by atoms with Crippen LogP contribution in [0.1, 0.15) is 12.8 Å². The number of likely N-dealkylation sites (tertiary alicyclic amines) is 1. The minimum atomic E-state index is -2.58. The minimum absolute atomic E-state index is 0. The van der Waals surface area contributed by atoms with Gasteiger partial charge in [0.2, 0.25) is 0 Å². The molecule has 1 unspecified atom stereocenters. The molecule has 15 heavy (non-hydrogen) atoms. The maximum atomic E-state index is 12.4. The Kier molecular flexibility index (Phi) is 7.30. The summed E-state index contributed by atoms with van der Waals surface area (Å²) < 4.78 is 37.1. The average Bonchev–Trinajstić information content (AvgIpc) is 2.19. The molecule has 0 amide bonds. The highest BCUT2D eigenvalue weighted by molar-refractivity contribution is 5.85. The Hall–Kier alpha value is -0.0000000000000000555. The van der Waals surface area contributed by atoms with Crippen LogP contribution >= 0.6 is 12.4 Å². The van der Waals surface area contributed by atoms with Crippen LogP contribution in [0, 0.1) is 0 Å². The van der Waals surface area contributed by atoms with Crippen molar-refractivity contribution in [3.8, 4) is 0 Å². The second-order valence-corrected chi connectivity index (χ2v) is 3.66. The van der Waals surface area contributed by atoms with E-state index in [1.54, 1.807) is 4.90 Å². The van der Waals surface area contributed by atoms with Gasteiger partial charge < -0.3 is 5.32 Å². The van der Waals surface area contributed by atoms with Crippen LogP contribution in [-0.2, 0) is 0 Å². The maximum absolute atomic E-state index is 12.4. The monoisotopic (exact) mass is 246 g/mol. The number of halogens is 4. The fraction of sp³-hybridized carbons (Fsp3) is 1.00. The van der Waals surface area contributed by atoms with Crippen LogP contribution in [0.4, 0.5) is 13.2 Å². The van der Waals surface area contributed by atoms with Gasteiger partial charge in [-0.25, -0.2) is 13.2 Å². The molecule has 6 heteroatoms. The number of alkyl halides is 3. The molecule has 0 bridgehead atoms. The molecule has 1 aliphatic rings. The lowest BCUT2D eigenvalue weighted by Crippen LogP contribution is -2.49. The Labute approximate surface area is 94.6 Å². The fourth-order valence-electron chi connectivity index (χ4n) is 1.84. The van der Waals surface area contributed by atoms with Crippen molar-refractivity contribution in [3.63, 3.8) is 0 Å². The van der Waals surface area contributed by atoms with Crippen molar-refractivity contribution in [1.82, 2.24) is 10.2 Å². The Morgan fingerprint density at radius 2 is 1.87 bits per heavy atom. The van der Waals surface area contributed by atoms with Gasteiger partial charge in [-0.05, 0) is 19.9 Å². The van der Waals surface area contributed by atoms with Crippen molar-refractivity contribution in [1.29, 1.82) is 0 Å². The van der Waals surface area contributed by atoms with Gasteiger partial charge in [0.1, 0.15) is 6.67 Å². The minimum Gasteiger partial charge on any atom is -0.317 e. The Morgan fingerprint density at radius 1 is 1.33 bits per heavy atom. The summed E-state index contributed by atoms with van der Waals surface area (Å²) in [6.45, 7) is 0.163. The third-order valence-corrected chi connectivity index (χ3v) is 2.86. The first-order chi connectivity index (χ1) is 6.69. The molecule has 0 radical (unpaired) electrons. The highest BCUT2D eigenvalue weighted by atomic mass is 35.5. The summed E-state index contributed by atoms with van der Waals surface area (Å²) in [7, 11) is 1.86. The molecule has 0 saturated carbocycles. The van der Waals surface area contributed by atoms with E-state index in [-0.39, 0.29) is 12.4 Å². The van der Waals surface area contributed by atoms with E-state index in [2.05, 4.69) is 5.32 Å². The summed E-state index contributed by atoms with van der Waals surface area (Å²) in [5.41, 5.74) is 0. The van der Waals surface area contributed by atoms with Crippen molar-refractivity contribution in [2.75, 3.05) is 26.8 Å². The van der Waals surface area contributed by atoms with Crippen molar-refractivity contribution in [2.24, 2.45) is 0 Å². The van der Waals surface area contributed by atoms with Crippen molar-refractivity contribution < 1.29 is 13.2 Å². The summed E-state index contributed by atoms with van der Waals surface area (Å²) >= 11 is 0. The van der Waals surface area contributed by atoms with Gasteiger partial charge in [-0.2, -0.15) is 0 Å². The van der Waals surface area contributed by atoms with Gasteiger partial charge in [-0.1, -0.05) is 0 Å². The van der Waals surface area contributed by atoms with E-state index >= 15 is 0 Å². The van der Waals surface area contributed by atoms with Crippen LogP contribution < -0.4 is 5.32 Å². The molecule has 92 valence electrons. The molecular formula is C9H18ClF3N2. The van der Waals surface area contributed by atoms with Gasteiger partial charge in [0.15, 0.2) is 0 Å². The van der Waals surface area contributed by atoms with Crippen LogP contribution in [0.3, 0.4) is 0 Å². The Morgan fingerprint density at radius 3 is 2.20 bits per heavy atom. The standard InChI is InChI=1S/C9H17F3N2.ClH/c1-13-7-2-4-14(5-3-7)8(6-10)9(11)12;/h7-9,13H,2-6H2,1H3;1H. The highest BCUT2D eigenvalue weighted by Gasteiger charge is 2.30. The maximum Gasteiger partial charge on any atom is 0.256 e. The molecule has 0 aromatic heterocycles. The second-order valence-electron chi connectivity index (χ2n) is 3.66. The molecule has 0 aliphatic carbocycles. The summed E-state index contributed by atoms with van der Waals surface area (Å²) in [6, 6.07) is -0.808. The third kappa shape index (κ3) is 4.17. The molecule has 0 aromatic rings. The molecule has 1 heterocycles. The zero-order chi connectivity index (χ0) is 10.6. The van der Waals surface area contributed by atoms with Crippen LogP contribution in [0.2, 0.25) is 0 Å². The van der Waals surface area contributed by atoms with E-state index in [0.29, 0.717) is 19.1 Å². The lowest BCUT2D eigenvalue weighted by molar-refractivity contribution is 0.000576. The molecule has 1 saturated heterocycles. The molecule has 0 aromatic carbocycles. The lowest BCUT2D eigenvalue weighted by Gasteiger charge is -2.35. The summed E-state index contributed by atoms with van der Waals surface area (Å²) in [5.74, 6) is 0. The average molecular weight is 247 g/mol. The Bertz CT molecular complexity index is 163.